The van der Waals surface area contributed by atoms with E-state index in [9.17, 15) is 9.59 Å². The molecule has 1 saturated carbocycles. The van der Waals surface area contributed by atoms with E-state index in [4.69, 9.17) is 4.74 Å². The molecule has 3 rings (SSSR count). The number of benzene rings is 2. The zero-order valence-corrected chi connectivity index (χ0v) is 19.4. The molecular formula is C25H32N2O3S. The lowest BCUT2D eigenvalue weighted by Gasteiger charge is -2.29. The summed E-state index contributed by atoms with van der Waals surface area (Å²) in [6.07, 6.45) is 6.06. The van der Waals surface area contributed by atoms with Gasteiger partial charge in [-0.1, -0.05) is 38.8 Å². The van der Waals surface area contributed by atoms with Gasteiger partial charge >= 0.3 is 0 Å². The second kappa shape index (κ2) is 10.7. The van der Waals surface area contributed by atoms with Crippen LogP contribution < -0.4 is 15.4 Å². The van der Waals surface area contributed by atoms with Crippen LogP contribution in [0.15, 0.2) is 53.4 Å². The summed E-state index contributed by atoms with van der Waals surface area (Å²) in [6, 6.07) is 14.7. The van der Waals surface area contributed by atoms with E-state index < -0.39 is 0 Å². The van der Waals surface area contributed by atoms with Gasteiger partial charge in [0.05, 0.1) is 12.8 Å². The summed E-state index contributed by atoms with van der Waals surface area (Å²) in [4.78, 5) is 26.6. The van der Waals surface area contributed by atoms with Crippen LogP contribution in [0.2, 0.25) is 0 Å². The average Bonchev–Trinajstić information content (AvgIpc) is 3.24. The molecule has 0 aliphatic heterocycles. The molecule has 2 aromatic carbocycles. The maximum atomic E-state index is 13.3. The topological polar surface area (TPSA) is 67.4 Å². The second-order valence-corrected chi connectivity index (χ2v) is 9.63. The van der Waals surface area contributed by atoms with Crippen molar-refractivity contribution in [3.63, 3.8) is 0 Å². The highest BCUT2D eigenvalue weighted by Crippen LogP contribution is 2.44. The molecule has 2 N–H and O–H groups in total. The molecule has 0 spiro atoms. The first-order chi connectivity index (χ1) is 14.9. The van der Waals surface area contributed by atoms with Crippen LogP contribution in [0.25, 0.3) is 0 Å². The molecule has 0 heterocycles. The highest BCUT2D eigenvalue weighted by Gasteiger charge is 2.40. The number of hydrogen-bond acceptors (Lipinski definition) is 4. The van der Waals surface area contributed by atoms with Gasteiger partial charge in [0.2, 0.25) is 5.91 Å². The second-order valence-electron chi connectivity index (χ2n) is 8.61. The number of carbonyl (C=O) groups excluding carboxylic acids is 2. The Kier molecular flexibility index (Phi) is 8.02. The van der Waals surface area contributed by atoms with Crippen LogP contribution >= 0.6 is 11.8 Å². The number of para-hydroxylation sites is 1. The number of hydrogen-bond donors (Lipinski definition) is 2. The Balaban J connectivity index is 1.67. The Morgan fingerprint density at radius 2 is 1.71 bits per heavy atom. The fourth-order valence-corrected chi connectivity index (χ4v) is 4.78. The van der Waals surface area contributed by atoms with E-state index >= 15 is 0 Å². The van der Waals surface area contributed by atoms with E-state index in [2.05, 4.69) is 24.5 Å². The van der Waals surface area contributed by atoms with Crippen molar-refractivity contribution in [1.82, 2.24) is 0 Å². The predicted molar refractivity (Wildman–Crippen MR) is 128 cm³/mol. The van der Waals surface area contributed by atoms with E-state index in [1.807, 2.05) is 24.3 Å². The smallest absolute Gasteiger partial charge is 0.288 e. The van der Waals surface area contributed by atoms with E-state index in [1.165, 1.54) is 0 Å². The molecule has 0 radical (unpaired) electrons. The van der Waals surface area contributed by atoms with Crippen LogP contribution in [-0.2, 0) is 4.79 Å². The zero-order valence-electron chi connectivity index (χ0n) is 18.6. The van der Waals surface area contributed by atoms with Gasteiger partial charge in [-0.25, -0.2) is 0 Å². The van der Waals surface area contributed by atoms with Crippen LogP contribution in [0, 0.1) is 11.3 Å². The molecule has 0 aromatic heterocycles. The summed E-state index contributed by atoms with van der Waals surface area (Å²) < 4.78 is 5.14. The Hall–Kier alpha value is -2.47. The summed E-state index contributed by atoms with van der Waals surface area (Å²) in [7, 11) is 1.60. The fourth-order valence-electron chi connectivity index (χ4n) is 4.04. The number of amides is 2. The SMILES string of the molecule is COc1ccc(NC(=O)Sc2ccccc2NC(=O)C2(CCC(C)C)CCCC2)cc1. The zero-order chi connectivity index (χ0) is 22.3. The van der Waals surface area contributed by atoms with Crippen LogP contribution in [0.1, 0.15) is 52.4 Å². The van der Waals surface area contributed by atoms with Gasteiger partial charge in [-0.3, -0.25) is 9.59 Å². The Bertz CT molecular complexity index is 890. The van der Waals surface area contributed by atoms with Crippen LogP contribution in [0.5, 0.6) is 5.75 Å². The number of nitrogens with one attached hydrogen (secondary N) is 2. The molecule has 166 valence electrons. The first-order valence-electron chi connectivity index (χ1n) is 11.0. The van der Waals surface area contributed by atoms with Gasteiger partial charge in [0.1, 0.15) is 5.75 Å². The first kappa shape index (κ1) is 23.2. The van der Waals surface area contributed by atoms with Gasteiger partial charge in [0.15, 0.2) is 0 Å². The molecule has 2 amide bonds. The fraction of sp³-hybridized carbons (Fsp3) is 0.440. The van der Waals surface area contributed by atoms with Gasteiger partial charge < -0.3 is 15.4 Å². The maximum Gasteiger partial charge on any atom is 0.288 e. The van der Waals surface area contributed by atoms with E-state index in [-0.39, 0.29) is 16.6 Å². The molecule has 0 saturated heterocycles. The number of methoxy groups -OCH3 is 1. The van der Waals surface area contributed by atoms with Crippen molar-refractivity contribution < 1.29 is 14.3 Å². The molecule has 6 heteroatoms. The largest absolute Gasteiger partial charge is 0.497 e. The average molecular weight is 441 g/mol. The van der Waals surface area contributed by atoms with Crippen LogP contribution in [0.4, 0.5) is 16.2 Å². The minimum absolute atomic E-state index is 0.0919. The number of rotatable bonds is 8. The summed E-state index contributed by atoms with van der Waals surface area (Å²) in [6.45, 7) is 4.40. The first-order valence-corrected chi connectivity index (χ1v) is 11.8. The predicted octanol–water partition coefficient (Wildman–Crippen LogP) is 6.95. The monoisotopic (exact) mass is 440 g/mol. The van der Waals surface area contributed by atoms with Crippen molar-refractivity contribution in [1.29, 1.82) is 0 Å². The normalized spacial score (nSPS) is 15.0. The minimum Gasteiger partial charge on any atom is -0.497 e. The van der Waals surface area contributed by atoms with Crippen molar-refractivity contribution >= 4 is 34.3 Å². The minimum atomic E-state index is -0.284. The van der Waals surface area contributed by atoms with E-state index in [0.717, 1.165) is 60.9 Å². The van der Waals surface area contributed by atoms with Gasteiger partial charge in [-0.15, -0.1) is 0 Å². The highest BCUT2D eigenvalue weighted by atomic mass is 32.2. The van der Waals surface area contributed by atoms with E-state index in [1.54, 1.807) is 31.4 Å². The highest BCUT2D eigenvalue weighted by molar-refractivity contribution is 8.14. The molecule has 5 nitrogen and oxygen atoms in total. The van der Waals surface area contributed by atoms with Gasteiger partial charge in [-0.05, 0) is 79.8 Å². The molecule has 2 aromatic rings. The van der Waals surface area contributed by atoms with Gasteiger partial charge in [0, 0.05) is 16.0 Å². The standard InChI is InChI=1S/C25H32N2O3S/c1-18(2)14-17-25(15-6-7-16-25)23(28)27-21-8-4-5-9-22(21)31-24(29)26-19-10-12-20(30-3)13-11-19/h4-5,8-13,18H,6-7,14-17H2,1-3H3,(H,26,29)(H,27,28). The maximum absolute atomic E-state index is 13.3. The molecule has 0 bridgehead atoms. The number of anilines is 2. The van der Waals surface area contributed by atoms with Crippen LogP contribution in [0.3, 0.4) is 0 Å². The summed E-state index contributed by atoms with van der Waals surface area (Å²) in [5.41, 5.74) is 1.10. The lowest BCUT2D eigenvalue weighted by atomic mass is 9.79. The number of ether oxygens (including phenoxy) is 1. The molecule has 0 atom stereocenters. The third kappa shape index (κ3) is 6.26. The van der Waals surface area contributed by atoms with Gasteiger partial charge in [-0.2, -0.15) is 0 Å². The lowest BCUT2D eigenvalue weighted by molar-refractivity contribution is -0.125. The van der Waals surface area contributed by atoms with Crippen molar-refractivity contribution in [2.24, 2.45) is 11.3 Å². The molecule has 0 unspecified atom stereocenters. The molecule has 1 aliphatic rings. The van der Waals surface area contributed by atoms with Crippen molar-refractivity contribution in [3.05, 3.63) is 48.5 Å². The van der Waals surface area contributed by atoms with Crippen LogP contribution in [-0.4, -0.2) is 18.3 Å². The Morgan fingerprint density at radius 1 is 1.03 bits per heavy atom. The third-order valence-corrected chi connectivity index (χ3v) is 6.78. The van der Waals surface area contributed by atoms with E-state index in [0.29, 0.717) is 17.3 Å². The Morgan fingerprint density at radius 3 is 2.35 bits per heavy atom. The van der Waals surface area contributed by atoms with Crippen molar-refractivity contribution in [3.8, 4) is 5.75 Å². The molecule has 1 aliphatic carbocycles. The summed E-state index contributed by atoms with van der Waals surface area (Å²) in [5.74, 6) is 1.40. The molecule has 31 heavy (non-hydrogen) atoms. The third-order valence-electron chi connectivity index (χ3n) is 5.92. The summed E-state index contributed by atoms with van der Waals surface area (Å²) >= 11 is 1.08. The van der Waals surface area contributed by atoms with Crippen molar-refractivity contribution in [2.45, 2.75) is 57.3 Å². The van der Waals surface area contributed by atoms with Gasteiger partial charge in [0.25, 0.3) is 5.24 Å². The van der Waals surface area contributed by atoms with Crippen molar-refractivity contribution in [2.75, 3.05) is 17.7 Å². The number of thioether (sulfide) groups is 1. The number of carbonyl (C=O) groups is 2. The molecular weight excluding hydrogens is 408 g/mol. The summed E-state index contributed by atoms with van der Waals surface area (Å²) in [5, 5.41) is 5.81. The molecule has 1 fully saturated rings. The quantitative estimate of drug-likeness (QED) is 0.436. The Labute approximate surface area is 189 Å². The lowest BCUT2D eigenvalue weighted by Crippen LogP contribution is -2.34.